The molecule has 4 nitrogen and oxygen atoms in total. The molecule has 0 bridgehead atoms. The molecule has 2 rings (SSSR count). The zero-order chi connectivity index (χ0) is 20.0. The lowest BCUT2D eigenvalue weighted by Gasteiger charge is -2.29. The zero-order valence-corrected chi connectivity index (χ0v) is 16.4. The molecule has 2 aromatic carbocycles. The Bertz CT molecular complexity index is 802. The van der Waals surface area contributed by atoms with E-state index >= 15 is 0 Å². The summed E-state index contributed by atoms with van der Waals surface area (Å²) >= 11 is 0. The van der Waals surface area contributed by atoms with Crippen molar-refractivity contribution >= 4 is 11.8 Å². The summed E-state index contributed by atoms with van der Waals surface area (Å²) in [5.74, 6) is -0.669. The van der Waals surface area contributed by atoms with E-state index in [-0.39, 0.29) is 30.6 Å². The van der Waals surface area contributed by atoms with Crippen LogP contribution in [0.4, 0.5) is 4.39 Å². The molecule has 2 aromatic rings. The number of halogens is 1. The number of nitrogens with one attached hydrogen (secondary N) is 1. The van der Waals surface area contributed by atoms with Gasteiger partial charge in [0.2, 0.25) is 11.8 Å². The Morgan fingerprint density at radius 1 is 1.04 bits per heavy atom. The second-order valence-electron chi connectivity index (χ2n) is 6.81. The van der Waals surface area contributed by atoms with Gasteiger partial charge in [0.25, 0.3) is 0 Å². The number of carbonyl (C=O) groups is 2. The number of hydrogen-bond acceptors (Lipinski definition) is 2. The monoisotopic (exact) mass is 370 g/mol. The molecule has 0 saturated carbocycles. The first-order chi connectivity index (χ1) is 12.8. The molecular formula is C22H27FN2O2. The Morgan fingerprint density at radius 3 is 2.26 bits per heavy atom. The molecule has 0 aliphatic heterocycles. The predicted octanol–water partition coefficient (Wildman–Crippen LogP) is 3.54. The molecule has 0 unspecified atom stereocenters. The van der Waals surface area contributed by atoms with Crippen LogP contribution in [-0.2, 0) is 22.6 Å². The lowest BCUT2D eigenvalue weighted by atomic mass is 10.0. The molecule has 1 atom stereocenters. The summed E-state index contributed by atoms with van der Waals surface area (Å²) in [6, 6.07) is 11.3. The van der Waals surface area contributed by atoms with E-state index in [0.717, 1.165) is 16.7 Å². The van der Waals surface area contributed by atoms with E-state index in [2.05, 4.69) is 5.32 Å². The summed E-state index contributed by atoms with van der Waals surface area (Å²) in [6.45, 7) is 8.34. The van der Waals surface area contributed by atoms with Gasteiger partial charge in [-0.2, -0.15) is 0 Å². The van der Waals surface area contributed by atoms with Crippen molar-refractivity contribution in [2.24, 2.45) is 0 Å². The topological polar surface area (TPSA) is 49.4 Å². The van der Waals surface area contributed by atoms with Crippen molar-refractivity contribution in [2.75, 3.05) is 6.54 Å². The van der Waals surface area contributed by atoms with Crippen molar-refractivity contribution in [3.63, 3.8) is 0 Å². The predicted molar refractivity (Wildman–Crippen MR) is 105 cm³/mol. The molecule has 0 spiro atoms. The Hall–Kier alpha value is -2.69. The van der Waals surface area contributed by atoms with Crippen LogP contribution in [0.5, 0.6) is 0 Å². The first-order valence-corrected chi connectivity index (χ1v) is 9.19. The van der Waals surface area contributed by atoms with Crippen LogP contribution in [0.2, 0.25) is 0 Å². The van der Waals surface area contributed by atoms with Gasteiger partial charge in [0.15, 0.2) is 0 Å². The third kappa shape index (κ3) is 5.64. The Labute approximate surface area is 160 Å². The molecule has 144 valence electrons. The first kappa shape index (κ1) is 20.6. The van der Waals surface area contributed by atoms with Gasteiger partial charge in [0, 0.05) is 13.1 Å². The van der Waals surface area contributed by atoms with Gasteiger partial charge in [-0.25, -0.2) is 4.39 Å². The molecule has 0 fully saturated rings. The second kappa shape index (κ2) is 9.31. The van der Waals surface area contributed by atoms with Crippen LogP contribution in [0.1, 0.15) is 36.1 Å². The van der Waals surface area contributed by atoms with E-state index in [0.29, 0.717) is 6.54 Å². The molecule has 2 amide bonds. The maximum absolute atomic E-state index is 13.2. The van der Waals surface area contributed by atoms with Gasteiger partial charge in [0.1, 0.15) is 11.9 Å². The fourth-order valence-corrected chi connectivity index (χ4v) is 2.88. The standard InChI is InChI=1S/C22H27FN2O2/c1-5-24-22(27)17(4)25(14-18-8-10-20(23)11-9-18)21(26)13-19-7-6-15(2)16(3)12-19/h6-12,17H,5,13-14H2,1-4H3,(H,24,27)/t17-/m0/s1. The maximum Gasteiger partial charge on any atom is 0.242 e. The van der Waals surface area contributed by atoms with Crippen molar-refractivity contribution in [2.45, 2.75) is 46.7 Å². The normalized spacial score (nSPS) is 11.7. The largest absolute Gasteiger partial charge is 0.355 e. The van der Waals surface area contributed by atoms with Crippen molar-refractivity contribution in [1.29, 1.82) is 0 Å². The fraction of sp³-hybridized carbons (Fsp3) is 0.364. The molecule has 27 heavy (non-hydrogen) atoms. The summed E-state index contributed by atoms with van der Waals surface area (Å²) in [4.78, 5) is 26.9. The highest BCUT2D eigenvalue weighted by molar-refractivity contribution is 5.88. The van der Waals surface area contributed by atoms with Crippen molar-refractivity contribution in [3.8, 4) is 0 Å². The molecule has 0 radical (unpaired) electrons. The quantitative estimate of drug-likeness (QED) is 0.810. The SMILES string of the molecule is CCNC(=O)[C@H](C)N(Cc1ccc(F)cc1)C(=O)Cc1ccc(C)c(C)c1. The van der Waals surface area contributed by atoms with Crippen LogP contribution in [0.3, 0.4) is 0 Å². The highest BCUT2D eigenvalue weighted by atomic mass is 19.1. The van der Waals surface area contributed by atoms with E-state index in [1.54, 1.807) is 24.0 Å². The minimum absolute atomic E-state index is 0.138. The van der Waals surface area contributed by atoms with Gasteiger partial charge in [-0.05, 0) is 62.1 Å². The Balaban J connectivity index is 2.23. The van der Waals surface area contributed by atoms with Crippen molar-refractivity contribution in [3.05, 3.63) is 70.5 Å². The summed E-state index contributed by atoms with van der Waals surface area (Å²) in [7, 11) is 0. The number of amides is 2. The number of carbonyl (C=O) groups excluding carboxylic acids is 2. The number of benzene rings is 2. The highest BCUT2D eigenvalue weighted by Gasteiger charge is 2.25. The van der Waals surface area contributed by atoms with Crippen LogP contribution >= 0.6 is 0 Å². The number of aryl methyl sites for hydroxylation is 2. The van der Waals surface area contributed by atoms with E-state index in [1.165, 1.54) is 17.7 Å². The second-order valence-corrected chi connectivity index (χ2v) is 6.81. The van der Waals surface area contributed by atoms with E-state index < -0.39 is 6.04 Å². The highest BCUT2D eigenvalue weighted by Crippen LogP contribution is 2.15. The van der Waals surface area contributed by atoms with Crippen LogP contribution < -0.4 is 5.32 Å². The number of rotatable bonds is 7. The molecule has 0 aliphatic carbocycles. The van der Waals surface area contributed by atoms with Gasteiger partial charge in [0.05, 0.1) is 6.42 Å². The van der Waals surface area contributed by atoms with Gasteiger partial charge in [-0.3, -0.25) is 9.59 Å². The molecular weight excluding hydrogens is 343 g/mol. The smallest absolute Gasteiger partial charge is 0.242 e. The van der Waals surface area contributed by atoms with Gasteiger partial charge >= 0.3 is 0 Å². The van der Waals surface area contributed by atoms with E-state index in [4.69, 9.17) is 0 Å². The number of likely N-dealkylation sites (N-methyl/N-ethyl adjacent to an activating group) is 1. The van der Waals surface area contributed by atoms with Crippen molar-refractivity contribution in [1.82, 2.24) is 10.2 Å². The lowest BCUT2D eigenvalue weighted by Crippen LogP contribution is -2.48. The molecule has 0 aromatic heterocycles. The van der Waals surface area contributed by atoms with Gasteiger partial charge in [-0.1, -0.05) is 30.3 Å². The molecule has 0 heterocycles. The van der Waals surface area contributed by atoms with Crippen molar-refractivity contribution < 1.29 is 14.0 Å². The average molecular weight is 370 g/mol. The number of hydrogen-bond donors (Lipinski definition) is 1. The fourth-order valence-electron chi connectivity index (χ4n) is 2.88. The van der Waals surface area contributed by atoms with Gasteiger partial charge in [-0.15, -0.1) is 0 Å². The Kier molecular flexibility index (Phi) is 7.11. The number of nitrogens with zero attached hydrogens (tertiary/aromatic N) is 1. The minimum atomic E-state index is -0.617. The summed E-state index contributed by atoms with van der Waals surface area (Å²) < 4.78 is 13.2. The molecule has 1 N–H and O–H groups in total. The summed E-state index contributed by atoms with van der Waals surface area (Å²) in [6.07, 6.45) is 0.214. The van der Waals surface area contributed by atoms with Gasteiger partial charge < -0.3 is 10.2 Å². The zero-order valence-electron chi connectivity index (χ0n) is 16.4. The summed E-state index contributed by atoms with van der Waals surface area (Å²) in [5, 5.41) is 2.76. The van der Waals surface area contributed by atoms with E-state index in [9.17, 15) is 14.0 Å². The van der Waals surface area contributed by atoms with Crippen LogP contribution in [0.15, 0.2) is 42.5 Å². The minimum Gasteiger partial charge on any atom is -0.355 e. The third-order valence-corrected chi connectivity index (χ3v) is 4.71. The molecule has 0 saturated heterocycles. The van der Waals surface area contributed by atoms with Crippen LogP contribution in [0.25, 0.3) is 0 Å². The maximum atomic E-state index is 13.2. The third-order valence-electron chi connectivity index (χ3n) is 4.71. The van der Waals surface area contributed by atoms with Crippen LogP contribution in [-0.4, -0.2) is 29.3 Å². The van der Waals surface area contributed by atoms with E-state index in [1.807, 2.05) is 39.0 Å². The summed E-state index contributed by atoms with van der Waals surface area (Å²) in [5.41, 5.74) is 3.99. The molecule has 0 aliphatic rings. The molecule has 5 heteroatoms. The first-order valence-electron chi connectivity index (χ1n) is 9.19. The Morgan fingerprint density at radius 2 is 1.67 bits per heavy atom. The lowest BCUT2D eigenvalue weighted by molar-refractivity contribution is -0.140. The average Bonchev–Trinajstić information content (AvgIpc) is 2.64. The van der Waals surface area contributed by atoms with Crippen LogP contribution in [0, 0.1) is 19.7 Å².